The van der Waals surface area contributed by atoms with E-state index in [1.807, 2.05) is 13.8 Å². The smallest absolute Gasteiger partial charge is 0.160 e. The first-order chi connectivity index (χ1) is 7.69. The molecule has 88 valence electrons. The van der Waals surface area contributed by atoms with Crippen LogP contribution in [0.15, 0.2) is 10.2 Å². The summed E-state index contributed by atoms with van der Waals surface area (Å²) in [6, 6.07) is 0. The summed E-state index contributed by atoms with van der Waals surface area (Å²) in [6.45, 7) is 4.30. The van der Waals surface area contributed by atoms with Gasteiger partial charge in [0, 0.05) is 15.7 Å². The third-order valence-corrected chi connectivity index (χ3v) is 2.23. The van der Waals surface area contributed by atoms with Gasteiger partial charge in [-0.3, -0.25) is 0 Å². The topological polar surface area (TPSA) is 116 Å². The monoisotopic (exact) mass is 226 g/mol. The fourth-order valence-corrected chi connectivity index (χ4v) is 1.42. The van der Waals surface area contributed by atoms with E-state index in [9.17, 15) is 0 Å². The van der Waals surface area contributed by atoms with Crippen LogP contribution in [0.2, 0.25) is 0 Å². The second-order valence-corrected chi connectivity index (χ2v) is 3.79. The average molecular weight is 226 g/mol. The lowest BCUT2D eigenvalue weighted by atomic mass is 10.2. The van der Waals surface area contributed by atoms with E-state index in [1.165, 1.54) is 0 Å². The number of nitrogens with zero attached hydrogens (tertiary/aromatic N) is 6. The molecule has 8 nitrogen and oxygen atoms in total. The Bertz CT molecular complexity index is 292. The summed E-state index contributed by atoms with van der Waals surface area (Å²) in [5.74, 6) is 0.199. The van der Waals surface area contributed by atoms with E-state index in [4.69, 9.17) is 20.5 Å². The Morgan fingerprint density at radius 3 is 1.81 bits per heavy atom. The Labute approximate surface area is 92.8 Å². The van der Waals surface area contributed by atoms with Crippen LogP contribution < -0.4 is 0 Å². The Hall–Kier alpha value is -1.46. The van der Waals surface area contributed by atoms with Crippen molar-refractivity contribution in [3.8, 4) is 0 Å². The molecular formula is C8H14N6O2. The second-order valence-electron chi connectivity index (χ2n) is 3.79. The van der Waals surface area contributed by atoms with Crippen molar-refractivity contribution >= 4 is 0 Å². The summed E-state index contributed by atoms with van der Waals surface area (Å²) in [7, 11) is 0. The fourth-order valence-electron chi connectivity index (χ4n) is 1.42. The Morgan fingerprint density at radius 2 is 1.50 bits per heavy atom. The molecule has 0 unspecified atom stereocenters. The van der Waals surface area contributed by atoms with Gasteiger partial charge in [0.2, 0.25) is 0 Å². The van der Waals surface area contributed by atoms with Crippen LogP contribution in [0.5, 0.6) is 0 Å². The molecule has 1 aliphatic rings. The molecule has 0 aromatic rings. The lowest BCUT2D eigenvalue weighted by Gasteiger charge is -2.13. The van der Waals surface area contributed by atoms with Gasteiger partial charge in [-0.15, -0.1) is 0 Å². The van der Waals surface area contributed by atoms with Crippen molar-refractivity contribution in [3.05, 3.63) is 20.9 Å². The highest BCUT2D eigenvalue weighted by Crippen LogP contribution is 2.24. The van der Waals surface area contributed by atoms with Crippen LogP contribution in [0, 0.1) is 5.92 Å². The maximum atomic E-state index is 8.24. The zero-order valence-corrected chi connectivity index (χ0v) is 9.22. The van der Waals surface area contributed by atoms with Gasteiger partial charge in [0.25, 0.3) is 0 Å². The Balaban J connectivity index is 2.62. The number of azide groups is 2. The Morgan fingerprint density at radius 1 is 1.06 bits per heavy atom. The van der Waals surface area contributed by atoms with Gasteiger partial charge in [0.1, 0.15) is 0 Å². The minimum atomic E-state index is -0.339. The summed E-state index contributed by atoms with van der Waals surface area (Å²) >= 11 is 0. The molecule has 1 aliphatic heterocycles. The van der Waals surface area contributed by atoms with Gasteiger partial charge >= 0.3 is 0 Å². The molecule has 0 amide bonds. The Kier molecular flexibility index (Phi) is 4.88. The molecule has 16 heavy (non-hydrogen) atoms. The maximum Gasteiger partial charge on any atom is 0.160 e. The summed E-state index contributed by atoms with van der Waals surface area (Å²) in [4.78, 5) is 5.34. The lowest BCUT2D eigenvalue weighted by Crippen LogP contribution is -2.27. The van der Waals surface area contributed by atoms with E-state index in [0.717, 1.165) is 0 Å². The van der Waals surface area contributed by atoms with E-state index in [0.29, 0.717) is 0 Å². The normalized spacial score (nSPS) is 28.6. The molecule has 0 N–H and O–H groups in total. The molecule has 0 spiro atoms. The van der Waals surface area contributed by atoms with Crippen molar-refractivity contribution < 1.29 is 9.47 Å². The largest absolute Gasteiger partial charge is 0.346 e. The second kappa shape index (κ2) is 6.19. The van der Waals surface area contributed by atoms with Crippen molar-refractivity contribution in [1.29, 1.82) is 0 Å². The molecule has 1 fully saturated rings. The van der Waals surface area contributed by atoms with Crippen LogP contribution in [0.25, 0.3) is 20.9 Å². The average Bonchev–Trinajstić information content (AvgIpc) is 2.67. The van der Waals surface area contributed by atoms with Gasteiger partial charge < -0.3 is 9.47 Å². The van der Waals surface area contributed by atoms with E-state index in [-0.39, 0.29) is 37.5 Å². The van der Waals surface area contributed by atoms with Crippen LogP contribution in [0.3, 0.4) is 0 Å². The van der Waals surface area contributed by atoms with Crippen LogP contribution in [0.4, 0.5) is 0 Å². The van der Waals surface area contributed by atoms with Gasteiger partial charge in [-0.25, -0.2) is 0 Å². The van der Waals surface area contributed by atoms with Gasteiger partial charge in [0.05, 0.1) is 25.3 Å². The zero-order valence-electron chi connectivity index (χ0n) is 9.22. The molecule has 0 aromatic heterocycles. The number of hydrogen-bond donors (Lipinski definition) is 0. The molecule has 8 heteroatoms. The predicted molar refractivity (Wildman–Crippen MR) is 56.4 cm³/mol. The van der Waals surface area contributed by atoms with Crippen LogP contribution in [-0.2, 0) is 9.47 Å². The first kappa shape index (κ1) is 12.6. The van der Waals surface area contributed by atoms with Gasteiger partial charge in [0.15, 0.2) is 6.29 Å². The van der Waals surface area contributed by atoms with E-state index >= 15 is 0 Å². The summed E-state index contributed by atoms with van der Waals surface area (Å²) in [6.07, 6.45) is -1.01. The quantitative estimate of drug-likeness (QED) is 0.406. The van der Waals surface area contributed by atoms with Crippen LogP contribution >= 0.6 is 0 Å². The summed E-state index contributed by atoms with van der Waals surface area (Å²) in [5, 5.41) is 6.89. The lowest BCUT2D eigenvalue weighted by molar-refractivity contribution is -0.0934. The number of hydrogen-bond acceptors (Lipinski definition) is 4. The van der Waals surface area contributed by atoms with E-state index < -0.39 is 0 Å². The fraction of sp³-hybridized carbons (Fsp3) is 1.00. The first-order valence-electron chi connectivity index (χ1n) is 5.01. The number of ether oxygens (including phenoxy) is 2. The van der Waals surface area contributed by atoms with Crippen molar-refractivity contribution in [2.24, 2.45) is 16.1 Å². The molecule has 1 rings (SSSR count). The summed E-state index contributed by atoms with van der Waals surface area (Å²) < 4.78 is 11.1. The SMILES string of the molecule is CC(C)C1O[C@H](CN=[N+]=[N-])[C@@H](CN=[N+]=[N-])O1. The first-order valence-corrected chi connectivity index (χ1v) is 5.01. The molecule has 0 aromatic carbocycles. The van der Waals surface area contributed by atoms with Crippen LogP contribution in [-0.4, -0.2) is 31.6 Å². The molecule has 2 atom stereocenters. The van der Waals surface area contributed by atoms with Crippen molar-refractivity contribution in [2.45, 2.75) is 32.3 Å². The minimum absolute atomic E-state index is 0.186. The van der Waals surface area contributed by atoms with Crippen LogP contribution in [0.1, 0.15) is 13.8 Å². The van der Waals surface area contributed by atoms with Gasteiger partial charge in [-0.1, -0.05) is 24.1 Å². The van der Waals surface area contributed by atoms with E-state index in [2.05, 4.69) is 20.1 Å². The zero-order chi connectivity index (χ0) is 12.0. The third kappa shape index (κ3) is 3.29. The van der Waals surface area contributed by atoms with Crippen molar-refractivity contribution in [1.82, 2.24) is 0 Å². The highest BCUT2D eigenvalue weighted by molar-refractivity contribution is 4.82. The molecule has 1 heterocycles. The predicted octanol–water partition coefficient (Wildman–Crippen LogP) is 2.37. The molecule has 0 aliphatic carbocycles. The highest BCUT2D eigenvalue weighted by Gasteiger charge is 2.36. The van der Waals surface area contributed by atoms with Crippen molar-refractivity contribution in [2.75, 3.05) is 13.1 Å². The molecule has 0 saturated carbocycles. The number of rotatable bonds is 5. The standard InChI is InChI=1S/C8H14N6O2/c1-5(2)8-15-6(3-11-13-9)7(16-8)4-12-14-10/h5-8H,3-4H2,1-2H3/t6-,7-/m1/s1. The highest BCUT2D eigenvalue weighted by atomic mass is 16.7. The van der Waals surface area contributed by atoms with E-state index in [1.54, 1.807) is 0 Å². The molecular weight excluding hydrogens is 212 g/mol. The van der Waals surface area contributed by atoms with Gasteiger partial charge in [-0.2, -0.15) is 0 Å². The maximum absolute atomic E-state index is 8.24. The third-order valence-electron chi connectivity index (χ3n) is 2.23. The van der Waals surface area contributed by atoms with Crippen molar-refractivity contribution in [3.63, 3.8) is 0 Å². The summed E-state index contributed by atoms with van der Waals surface area (Å²) in [5.41, 5.74) is 16.5. The minimum Gasteiger partial charge on any atom is -0.346 e. The molecule has 1 saturated heterocycles. The molecule has 0 radical (unpaired) electrons. The van der Waals surface area contributed by atoms with Gasteiger partial charge in [-0.05, 0) is 11.1 Å². The molecule has 0 bridgehead atoms.